The molecule has 2 unspecified atom stereocenters. The van der Waals surface area contributed by atoms with E-state index in [9.17, 15) is 0 Å². The normalized spacial score (nSPS) is 26.5. The predicted octanol–water partition coefficient (Wildman–Crippen LogP) is 3.13. The topological polar surface area (TPSA) is 3.24 Å². The predicted molar refractivity (Wildman–Crippen MR) is 59.4 cm³/mol. The molecule has 0 amide bonds. The summed E-state index contributed by atoms with van der Waals surface area (Å²) < 4.78 is 0. The minimum Gasteiger partial charge on any atom is -0.299 e. The van der Waals surface area contributed by atoms with Crippen LogP contribution >= 0.6 is 11.6 Å². The van der Waals surface area contributed by atoms with Gasteiger partial charge in [0.2, 0.25) is 0 Å². The van der Waals surface area contributed by atoms with Crippen LogP contribution < -0.4 is 0 Å². The van der Waals surface area contributed by atoms with E-state index in [1.165, 1.54) is 38.8 Å². The fourth-order valence-corrected chi connectivity index (χ4v) is 2.64. The van der Waals surface area contributed by atoms with Gasteiger partial charge >= 0.3 is 0 Å². The van der Waals surface area contributed by atoms with Crippen LogP contribution in [0.4, 0.5) is 0 Å². The van der Waals surface area contributed by atoms with Gasteiger partial charge in [-0.2, -0.15) is 0 Å². The molecule has 0 N–H and O–H groups in total. The number of hydrogen-bond acceptors (Lipinski definition) is 1. The SMILES string of the molecule is CCCC(C)CN1CCCC1CCl. The zero-order valence-corrected chi connectivity index (χ0v) is 9.69. The Labute approximate surface area is 87.4 Å². The van der Waals surface area contributed by atoms with Crippen molar-refractivity contribution in [3.8, 4) is 0 Å². The summed E-state index contributed by atoms with van der Waals surface area (Å²) in [5, 5.41) is 0. The van der Waals surface area contributed by atoms with E-state index >= 15 is 0 Å². The zero-order valence-electron chi connectivity index (χ0n) is 8.93. The first-order chi connectivity index (χ1) is 6.27. The monoisotopic (exact) mass is 203 g/mol. The first kappa shape index (κ1) is 11.3. The second-order valence-electron chi connectivity index (χ2n) is 4.34. The molecule has 1 rings (SSSR count). The minimum absolute atomic E-state index is 0.668. The molecule has 0 spiro atoms. The van der Waals surface area contributed by atoms with E-state index in [-0.39, 0.29) is 0 Å². The second-order valence-corrected chi connectivity index (χ2v) is 4.65. The first-order valence-electron chi connectivity index (χ1n) is 5.58. The van der Waals surface area contributed by atoms with Crippen molar-refractivity contribution in [1.82, 2.24) is 4.90 Å². The van der Waals surface area contributed by atoms with Gasteiger partial charge in [-0.1, -0.05) is 20.3 Å². The van der Waals surface area contributed by atoms with Gasteiger partial charge in [0.1, 0.15) is 0 Å². The number of halogens is 1. The molecule has 1 aliphatic heterocycles. The van der Waals surface area contributed by atoms with Gasteiger partial charge in [-0.25, -0.2) is 0 Å². The van der Waals surface area contributed by atoms with Crippen molar-refractivity contribution in [1.29, 1.82) is 0 Å². The summed E-state index contributed by atoms with van der Waals surface area (Å²) in [5.74, 6) is 1.66. The molecule has 0 aromatic rings. The van der Waals surface area contributed by atoms with Crippen molar-refractivity contribution in [2.75, 3.05) is 19.0 Å². The molecule has 2 heteroatoms. The van der Waals surface area contributed by atoms with Gasteiger partial charge in [-0.15, -0.1) is 11.6 Å². The summed E-state index contributed by atoms with van der Waals surface area (Å²) in [7, 11) is 0. The molecule has 1 nitrogen and oxygen atoms in total. The minimum atomic E-state index is 0.668. The van der Waals surface area contributed by atoms with Crippen LogP contribution in [0.3, 0.4) is 0 Å². The highest BCUT2D eigenvalue weighted by Crippen LogP contribution is 2.20. The maximum Gasteiger partial charge on any atom is 0.0379 e. The van der Waals surface area contributed by atoms with E-state index in [2.05, 4.69) is 18.7 Å². The molecule has 0 saturated carbocycles. The first-order valence-corrected chi connectivity index (χ1v) is 6.11. The maximum absolute atomic E-state index is 5.92. The van der Waals surface area contributed by atoms with Gasteiger partial charge in [0.15, 0.2) is 0 Å². The molecule has 0 radical (unpaired) electrons. The summed E-state index contributed by atoms with van der Waals surface area (Å²) >= 11 is 5.92. The second kappa shape index (κ2) is 5.87. The molecule has 0 aliphatic carbocycles. The van der Waals surface area contributed by atoms with Gasteiger partial charge in [0.25, 0.3) is 0 Å². The summed E-state index contributed by atoms with van der Waals surface area (Å²) in [5.41, 5.74) is 0. The summed E-state index contributed by atoms with van der Waals surface area (Å²) in [6.07, 6.45) is 5.31. The van der Waals surface area contributed by atoms with Gasteiger partial charge in [-0.3, -0.25) is 4.90 Å². The van der Waals surface area contributed by atoms with Crippen LogP contribution in [0.15, 0.2) is 0 Å². The molecular formula is C11H22ClN. The van der Waals surface area contributed by atoms with E-state index in [0.717, 1.165) is 11.8 Å². The van der Waals surface area contributed by atoms with E-state index in [4.69, 9.17) is 11.6 Å². The Morgan fingerprint density at radius 3 is 2.92 bits per heavy atom. The average Bonchev–Trinajstić information content (AvgIpc) is 2.52. The van der Waals surface area contributed by atoms with Crippen LogP contribution in [0.5, 0.6) is 0 Å². The fourth-order valence-electron chi connectivity index (χ4n) is 2.29. The highest BCUT2D eigenvalue weighted by atomic mass is 35.5. The van der Waals surface area contributed by atoms with Crippen LogP contribution in [-0.2, 0) is 0 Å². The van der Waals surface area contributed by atoms with E-state index in [0.29, 0.717) is 6.04 Å². The standard InChI is InChI=1S/C11H22ClN/c1-3-5-10(2)9-13-7-4-6-11(13)8-12/h10-11H,3-9H2,1-2H3. The largest absolute Gasteiger partial charge is 0.299 e. The van der Waals surface area contributed by atoms with Crippen LogP contribution in [0.25, 0.3) is 0 Å². The van der Waals surface area contributed by atoms with Crippen LogP contribution in [0.2, 0.25) is 0 Å². The Morgan fingerprint density at radius 1 is 1.54 bits per heavy atom. The third-order valence-corrected chi connectivity index (χ3v) is 3.36. The lowest BCUT2D eigenvalue weighted by Gasteiger charge is -2.25. The number of nitrogens with zero attached hydrogens (tertiary/aromatic N) is 1. The van der Waals surface area contributed by atoms with E-state index < -0.39 is 0 Å². The van der Waals surface area contributed by atoms with Crippen molar-refractivity contribution in [2.45, 2.75) is 45.6 Å². The van der Waals surface area contributed by atoms with Gasteiger partial charge < -0.3 is 0 Å². The Hall–Kier alpha value is 0.250. The van der Waals surface area contributed by atoms with Crippen LogP contribution in [-0.4, -0.2) is 29.9 Å². The molecule has 1 fully saturated rings. The van der Waals surface area contributed by atoms with Crippen molar-refractivity contribution in [3.63, 3.8) is 0 Å². The molecule has 0 aromatic heterocycles. The van der Waals surface area contributed by atoms with Gasteiger partial charge in [0, 0.05) is 18.5 Å². The van der Waals surface area contributed by atoms with Crippen molar-refractivity contribution in [2.24, 2.45) is 5.92 Å². The maximum atomic E-state index is 5.92. The molecular weight excluding hydrogens is 182 g/mol. The van der Waals surface area contributed by atoms with E-state index in [1.807, 2.05) is 0 Å². The molecule has 0 aromatic carbocycles. The number of likely N-dealkylation sites (tertiary alicyclic amines) is 1. The fraction of sp³-hybridized carbons (Fsp3) is 1.00. The Bertz CT molecular complexity index is 138. The molecule has 78 valence electrons. The highest BCUT2D eigenvalue weighted by Gasteiger charge is 2.24. The molecule has 2 atom stereocenters. The summed E-state index contributed by atoms with van der Waals surface area (Å²) in [4.78, 5) is 2.58. The van der Waals surface area contributed by atoms with Crippen molar-refractivity contribution in [3.05, 3.63) is 0 Å². The molecule has 0 bridgehead atoms. The van der Waals surface area contributed by atoms with Crippen LogP contribution in [0.1, 0.15) is 39.5 Å². The number of rotatable bonds is 5. The molecule has 1 aliphatic rings. The summed E-state index contributed by atoms with van der Waals surface area (Å²) in [6.45, 7) is 7.14. The molecule has 1 saturated heterocycles. The number of alkyl halides is 1. The zero-order chi connectivity index (χ0) is 9.68. The van der Waals surface area contributed by atoms with Crippen molar-refractivity contribution >= 4 is 11.6 Å². The number of hydrogen-bond donors (Lipinski definition) is 0. The lowest BCUT2D eigenvalue weighted by Crippen LogP contribution is -2.34. The lowest BCUT2D eigenvalue weighted by molar-refractivity contribution is 0.228. The van der Waals surface area contributed by atoms with Crippen molar-refractivity contribution < 1.29 is 0 Å². The van der Waals surface area contributed by atoms with E-state index in [1.54, 1.807) is 0 Å². The highest BCUT2D eigenvalue weighted by molar-refractivity contribution is 6.18. The third kappa shape index (κ3) is 3.47. The molecule has 1 heterocycles. The lowest BCUT2D eigenvalue weighted by atomic mass is 10.1. The molecule has 13 heavy (non-hydrogen) atoms. The Morgan fingerprint density at radius 2 is 2.31 bits per heavy atom. The third-order valence-electron chi connectivity index (χ3n) is 3.00. The smallest absolute Gasteiger partial charge is 0.0379 e. The van der Waals surface area contributed by atoms with Gasteiger partial charge in [-0.05, 0) is 31.7 Å². The van der Waals surface area contributed by atoms with Crippen LogP contribution in [0, 0.1) is 5.92 Å². The Kier molecular flexibility index (Phi) is 5.12. The Balaban J connectivity index is 2.26. The average molecular weight is 204 g/mol. The van der Waals surface area contributed by atoms with Gasteiger partial charge in [0.05, 0.1) is 0 Å². The quantitative estimate of drug-likeness (QED) is 0.621. The summed E-state index contributed by atoms with van der Waals surface area (Å²) in [6, 6.07) is 0.668.